The van der Waals surface area contributed by atoms with Crippen LogP contribution in [0.4, 0.5) is 4.39 Å². The molecule has 0 bridgehead atoms. The van der Waals surface area contributed by atoms with Crippen LogP contribution in [0.1, 0.15) is 33.1 Å². The fraction of sp³-hybridized carbons (Fsp3) is 0.529. The zero-order valence-corrected chi connectivity index (χ0v) is 12.2. The van der Waals surface area contributed by atoms with Crippen LogP contribution in [0, 0.1) is 11.8 Å². The summed E-state index contributed by atoms with van der Waals surface area (Å²) in [6.07, 6.45) is 13.3. The third-order valence-electron chi connectivity index (χ3n) is 3.38. The lowest BCUT2D eigenvalue weighted by molar-refractivity contribution is 0.459. The third-order valence-corrected chi connectivity index (χ3v) is 3.38. The van der Waals surface area contributed by atoms with E-state index in [0.29, 0.717) is 0 Å². The van der Waals surface area contributed by atoms with Gasteiger partial charge in [-0.1, -0.05) is 56.2 Å². The molecule has 0 radical (unpaired) electrons. The first-order valence-electron chi connectivity index (χ1n) is 7.23. The minimum absolute atomic E-state index is 0.0828. The molecular formula is C17H26FN. The van der Waals surface area contributed by atoms with Crippen molar-refractivity contribution in [2.24, 2.45) is 11.8 Å². The number of allylic oxidation sites excluding steroid dienone is 6. The summed E-state index contributed by atoms with van der Waals surface area (Å²) in [7, 11) is 0. The van der Waals surface area contributed by atoms with Gasteiger partial charge in [0.25, 0.3) is 0 Å². The van der Waals surface area contributed by atoms with Crippen molar-refractivity contribution in [3.8, 4) is 0 Å². The molecule has 0 heterocycles. The Labute approximate surface area is 117 Å². The Morgan fingerprint density at radius 3 is 2.95 bits per heavy atom. The van der Waals surface area contributed by atoms with Crippen LogP contribution in [0.2, 0.25) is 0 Å². The minimum Gasteiger partial charge on any atom is -0.313 e. The van der Waals surface area contributed by atoms with Gasteiger partial charge < -0.3 is 5.32 Å². The van der Waals surface area contributed by atoms with Gasteiger partial charge in [0.1, 0.15) is 5.83 Å². The topological polar surface area (TPSA) is 12.0 Å². The van der Waals surface area contributed by atoms with Crippen LogP contribution in [0.3, 0.4) is 0 Å². The molecule has 0 saturated carbocycles. The molecule has 0 amide bonds. The quantitative estimate of drug-likeness (QED) is 0.500. The van der Waals surface area contributed by atoms with Crippen molar-refractivity contribution >= 4 is 0 Å². The van der Waals surface area contributed by atoms with Gasteiger partial charge in [-0.3, -0.25) is 0 Å². The lowest BCUT2D eigenvalue weighted by atomic mass is 9.83. The summed E-state index contributed by atoms with van der Waals surface area (Å²) in [4.78, 5) is 0. The summed E-state index contributed by atoms with van der Waals surface area (Å²) >= 11 is 0. The Morgan fingerprint density at radius 2 is 2.26 bits per heavy atom. The summed E-state index contributed by atoms with van der Waals surface area (Å²) in [5.74, 6) is -0.179. The first-order valence-corrected chi connectivity index (χ1v) is 7.23. The predicted molar refractivity (Wildman–Crippen MR) is 81.7 cm³/mol. The number of halogens is 1. The molecule has 0 spiro atoms. The Morgan fingerprint density at radius 1 is 1.47 bits per heavy atom. The molecule has 0 fully saturated rings. The highest BCUT2D eigenvalue weighted by Crippen LogP contribution is 2.33. The standard InChI is InChI=1S/C17H26FN/c1-4-5-6-12-19-13-8-10-15-9-7-11-16(18)17(15)14(2)3/h7-11,15,17,19H,2,4-6,12-13H2,1,3H3/b10-8+. The zero-order chi connectivity index (χ0) is 14.1. The van der Waals surface area contributed by atoms with Crippen molar-refractivity contribution in [1.29, 1.82) is 0 Å². The molecule has 1 aliphatic rings. The Kier molecular flexibility index (Phi) is 7.42. The van der Waals surface area contributed by atoms with Crippen LogP contribution in [0.15, 0.2) is 48.4 Å². The Balaban J connectivity index is 2.36. The highest BCUT2D eigenvalue weighted by Gasteiger charge is 2.24. The number of rotatable bonds is 8. The molecular weight excluding hydrogens is 237 g/mol. The molecule has 0 aromatic rings. The van der Waals surface area contributed by atoms with Gasteiger partial charge in [0.05, 0.1) is 0 Å². The van der Waals surface area contributed by atoms with E-state index >= 15 is 0 Å². The van der Waals surface area contributed by atoms with Crippen molar-refractivity contribution in [2.45, 2.75) is 33.1 Å². The van der Waals surface area contributed by atoms with Gasteiger partial charge in [0.15, 0.2) is 0 Å². The molecule has 0 aromatic heterocycles. The van der Waals surface area contributed by atoms with E-state index < -0.39 is 0 Å². The van der Waals surface area contributed by atoms with Crippen LogP contribution in [0.25, 0.3) is 0 Å². The minimum atomic E-state index is -0.193. The predicted octanol–water partition coefficient (Wildman–Crippen LogP) is 4.55. The Bertz CT molecular complexity index is 365. The van der Waals surface area contributed by atoms with E-state index in [1.807, 2.05) is 13.0 Å². The van der Waals surface area contributed by atoms with Crippen molar-refractivity contribution in [2.75, 3.05) is 13.1 Å². The number of hydrogen-bond acceptors (Lipinski definition) is 1. The zero-order valence-electron chi connectivity index (χ0n) is 12.2. The average Bonchev–Trinajstić information content (AvgIpc) is 2.37. The molecule has 106 valence electrons. The normalized spacial score (nSPS) is 22.8. The first kappa shape index (κ1) is 15.9. The Hall–Kier alpha value is -1.15. The summed E-state index contributed by atoms with van der Waals surface area (Å²) < 4.78 is 13.8. The van der Waals surface area contributed by atoms with Crippen LogP contribution in [0.5, 0.6) is 0 Å². The molecule has 2 atom stereocenters. The molecule has 19 heavy (non-hydrogen) atoms. The molecule has 1 nitrogen and oxygen atoms in total. The molecule has 1 aliphatic carbocycles. The molecule has 0 saturated heterocycles. The van der Waals surface area contributed by atoms with E-state index in [1.165, 1.54) is 25.3 Å². The molecule has 1 rings (SSSR count). The summed E-state index contributed by atoms with van der Waals surface area (Å²) in [5, 5.41) is 3.37. The second-order valence-electron chi connectivity index (χ2n) is 5.18. The maximum atomic E-state index is 13.8. The van der Waals surface area contributed by atoms with Gasteiger partial charge in [-0.15, -0.1) is 0 Å². The van der Waals surface area contributed by atoms with E-state index in [9.17, 15) is 4.39 Å². The largest absolute Gasteiger partial charge is 0.313 e. The van der Waals surface area contributed by atoms with Crippen molar-refractivity contribution < 1.29 is 4.39 Å². The summed E-state index contributed by atoms with van der Waals surface area (Å²) in [5.41, 5.74) is 0.878. The van der Waals surface area contributed by atoms with Crippen LogP contribution < -0.4 is 5.32 Å². The van der Waals surface area contributed by atoms with Gasteiger partial charge in [-0.05, 0) is 26.0 Å². The van der Waals surface area contributed by atoms with Gasteiger partial charge in [-0.25, -0.2) is 4.39 Å². The van der Waals surface area contributed by atoms with E-state index in [1.54, 1.807) is 6.08 Å². The van der Waals surface area contributed by atoms with Gasteiger partial charge >= 0.3 is 0 Å². The molecule has 2 heteroatoms. The van der Waals surface area contributed by atoms with Crippen molar-refractivity contribution in [1.82, 2.24) is 5.32 Å². The second kappa shape index (κ2) is 8.87. The number of nitrogens with one attached hydrogen (secondary N) is 1. The number of hydrogen-bond donors (Lipinski definition) is 1. The summed E-state index contributed by atoms with van der Waals surface area (Å²) in [6, 6.07) is 0. The lowest BCUT2D eigenvalue weighted by Gasteiger charge is -2.23. The monoisotopic (exact) mass is 263 g/mol. The average molecular weight is 263 g/mol. The highest BCUT2D eigenvalue weighted by molar-refractivity contribution is 5.28. The first-order chi connectivity index (χ1) is 9.16. The van der Waals surface area contributed by atoms with Crippen LogP contribution >= 0.6 is 0 Å². The van der Waals surface area contributed by atoms with E-state index in [-0.39, 0.29) is 17.7 Å². The van der Waals surface area contributed by atoms with E-state index in [0.717, 1.165) is 18.7 Å². The fourth-order valence-corrected chi connectivity index (χ4v) is 2.32. The molecule has 1 N–H and O–H groups in total. The van der Waals surface area contributed by atoms with Crippen molar-refractivity contribution in [3.05, 3.63) is 48.4 Å². The maximum absolute atomic E-state index is 13.8. The van der Waals surface area contributed by atoms with Gasteiger partial charge in [-0.2, -0.15) is 0 Å². The van der Waals surface area contributed by atoms with Crippen LogP contribution in [-0.4, -0.2) is 13.1 Å². The number of unbranched alkanes of at least 4 members (excludes halogenated alkanes) is 2. The molecule has 2 unspecified atom stereocenters. The van der Waals surface area contributed by atoms with Crippen LogP contribution in [-0.2, 0) is 0 Å². The third kappa shape index (κ3) is 5.56. The van der Waals surface area contributed by atoms with E-state index in [2.05, 4.69) is 31.0 Å². The highest BCUT2D eigenvalue weighted by atomic mass is 19.1. The van der Waals surface area contributed by atoms with Crippen molar-refractivity contribution in [3.63, 3.8) is 0 Å². The smallest absolute Gasteiger partial charge is 0.108 e. The van der Waals surface area contributed by atoms with Gasteiger partial charge in [0.2, 0.25) is 0 Å². The second-order valence-corrected chi connectivity index (χ2v) is 5.18. The maximum Gasteiger partial charge on any atom is 0.108 e. The molecule has 0 aliphatic heterocycles. The lowest BCUT2D eigenvalue weighted by Crippen LogP contribution is -2.17. The van der Waals surface area contributed by atoms with Gasteiger partial charge in [0, 0.05) is 18.4 Å². The van der Waals surface area contributed by atoms with E-state index in [4.69, 9.17) is 0 Å². The molecule has 0 aromatic carbocycles. The summed E-state index contributed by atoms with van der Waals surface area (Å²) in [6.45, 7) is 9.89. The SMILES string of the molecule is C=C(C)C1C(F)=CC=CC1/C=C/CNCCCCC. The fourth-order valence-electron chi connectivity index (χ4n) is 2.32.